The minimum Gasteiger partial charge on any atom is -0.497 e. The number of rotatable bonds is 5. The van der Waals surface area contributed by atoms with Gasteiger partial charge in [-0.05, 0) is 61.7 Å². The van der Waals surface area contributed by atoms with Gasteiger partial charge in [-0.1, -0.05) is 30.3 Å². The van der Waals surface area contributed by atoms with Gasteiger partial charge in [0.05, 0.1) is 13.7 Å². The molecule has 0 bridgehead atoms. The Kier molecular flexibility index (Phi) is 5.78. The van der Waals surface area contributed by atoms with Gasteiger partial charge < -0.3 is 23.9 Å². The first-order chi connectivity index (χ1) is 17.2. The highest BCUT2D eigenvalue weighted by Crippen LogP contribution is 2.60. The Hall–Kier alpha value is -3.46. The Labute approximate surface area is 206 Å². The van der Waals surface area contributed by atoms with Gasteiger partial charge >= 0.3 is 12.1 Å². The molecule has 190 valence electrons. The van der Waals surface area contributed by atoms with Gasteiger partial charge in [0, 0.05) is 11.6 Å². The van der Waals surface area contributed by atoms with Gasteiger partial charge in [0.15, 0.2) is 5.60 Å². The first-order valence-electron chi connectivity index (χ1n) is 11.7. The summed E-state index contributed by atoms with van der Waals surface area (Å²) in [6, 6.07) is 17.1. The number of fused-ring (bicyclic) bond motifs is 3. The first-order valence-corrected chi connectivity index (χ1v) is 11.7. The number of halogens is 3. The smallest absolute Gasteiger partial charge is 0.425 e. The van der Waals surface area contributed by atoms with Crippen molar-refractivity contribution in [1.82, 2.24) is 0 Å². The van der Waals surface area contributed by atoms with Crippen molar-refractivity contribution in [2.24, 2.45) is 0 Å². The summed E-state index contributed by atoms with van der Waals surface area (Å²) < 4.78 is 67.8. The normalized spacial score (nSPS) is 27.1. The number of hydrogen-bond acceptors (Lipinski definition) is 6. The Morgan fingerprint density at radius 3 is 2.50 bits per heavy atom. The molecule has 2 aliphatic heterocycles. The third-order valence-electron chi connectivity index (χ3n) is 7.04. The number of aryl methyl sites for hydroxylation is 1. The number of benzene rings is 2. The molecule has 9 heteroatoms. The van der Waals surface area contributed by atoms with Crippen molar-refractivity contribution in [2.75, 3.05) is 19.0 Å². The molecule has 36 heavy (non-hydrogen) atoms. The molecule has 4 atom stereocenters. The predicted octanol–water partition coefficient (Wildman–Crippen LogP) is 5.70. The molecule has 2 aliphatic rings. The molecule has 0 amide bonds. The quantitative estimate of drug-likeness (QED) is 0.452. The van der Waals surface area contributed by atoms with Gasteiger partial charge in [0.2, 0.25) is 0 Å². The van der Waals surface area contributed by atoms with E-state index in [1.165, 1.54) is 20.1 Å². The summed E-state index contributed by atoms with van der Waals surface area (Å²) in [6.45, 7) is 3.01. The van der Waals surface area contributed by atoms with Crippen molar-refractivity contribution in [1.29, 1.82) is 0 Å². The van der Waals surface area contributed by atoms with Crippen LogP contribution in [0.1, 0.15) is 41.9 Å². The fourth-order valence-electron chi connectivity index (χ4n) is 5.40. The molecule has 0 unspecified atom stereocenters. The van der Waals surface area contributed by atoms with Crippen LogP contribution in [0.3, 0.4) is 0 Å². The lowest BCUT2D eigenvalue weighted by Gasteiger charge is -2.45. The van der Waals surface area contributed by atoms with Crippen molar-refractivity contribution < 1.29 is 36.6 Å². The van der Waals surface area contributed by atoms with E-state index in [1.807, 2.05) is 6.07 Å². The van der Waals surface area contributed by atoms with Gasteiger partial charge in [-0.2, -0.15) is 13.2 Å². The summed E-state index contributed by atoms with van der Waals surface area (Å²) in [5, 5.41) is 2.49. The van der Waals surface area contributed by atoms with Gasteiger partial charge in [0.25, 0.3) is 5.54 Å². The van der Waals surface area contributed by atoms with Gasteiger partial charge in [-0.3, -0.25) is 0 Å². The fourth-order valence-corrected chi connectivity index (χ4v) is 5.40. The maximum atomic E-state index is 15.0. The summed E-state index contributed by atoms with van der Waals surface area (Å²) in [5.74, 6) is -0.839. The summed E-state index contributed by atoms with van der Waals surface area (Å²) in [4.78, 5) is 13.2. The number of carbonyl (C=O) groups excluding carboxylic acids is 1. The zero-order valence-corrected chi connectivity index (χ0v) is 20.0. The Balaban J connectivity index is 1.78. The lowest BCUT2D eigenvalue weighted by molar-refractivity contribution is -0.228. The zero-order valence-electron chi connectivity index (χ0n) is 20.0. The lowest BCUT2D eigenvalue weighted by Crippen LogP contribution is -2.68. The van der Waals surface area contributed by atoms with Gasteiger partial charge in [0.1, 0.15) is 23.4 Å². The van der Waals surface area contributed by atoms with Crippen LogP contribution >= 0.6 is 0 Å². The van der Waals surface area contributed by atoms with Crippen LogP contribution in [0, 0.1) is 6.92 Å². The predicted molar refractivity (Wildman–Crippen MR) is 125 cm³/mol. The average Bonchev–Trinajstić information content (AvgIpc) is 3.48. The molecule has 1 fully saturated rings. The molecular formula is C27H26F3NO5. The van der Waals surface area contributed by atoms with Crippen LogP contribution < -0.4 is 10.1 Å². The highest BCUT2D eigenvalue weighted by atomic mass is 19.4. The van der Waals surface area contributed by atoms with Crippen LogP contribution in [0.15, 0.2) is 65.1 Å². The standard InChI is InChI=1S/C27H26F3NO5/c1-4-34-24(32)26(27(28,29)30)23-20(19-14-18(33-3)11-12-21(19)31-26)15-25(36-23,17-8-6-5-7-9-17)22-13-10-16(2)35-22/h5-14,20,23,31H,4,15H2,1-3H3/t20-,23-,25+,26+/m1/s1. The van der Waals surface area contributed by atoms with E-state index in [0.717, 1.165) is 0 Å². The minimum absolute atomic E-state index is 0.105. The third-order valence-corrected chi connectivity index (χ3v) is 7.04. The number of esters is 1. The monoisotopic (exact) mass is 501 g/mol. The number of ether oxygens (including phenoxy) is 3. The molecular weight excluding hydrogens is 475 g/mol. The molecule has 3 aromatic rings. The van der Waals surface area contributed by atoms with Crippen LogP contribution in [0.2, 0.25) is 0 Å². The highest BCUT2D eigenvalue weighted by molar-refractivity contribution is 5.89. The Bertz CT molecular complexity index is 1270. The third kappa shape index (κ3) is 3.48. The van der Waals surface area contributed by atoms with Crippen LogP contribution in [-0.4, -0.2) is 37.5 Å². The number of nitrogens with one attached hydrogen (secondary N) is 1. The van der Waals surface area contributed by atoms with Gasteiger partial charge in [-0.15, -0.1) is 0 Å². The van der Waals surface area contributed by atoms with Gasteiger partial charge in [-0.25, -0.2) is 4.79 Å². The molecule has 3 heterocycles. The fraction of sp³-hybridized carbons (Fsp3) is 0.370. The van der Waals surface area contributed by atoms with Crippen LogP contribution in [0.25, 0.3) is 0 Å². The first kappa shape index (κ1) is 24.2. The number of carbonyl (C=O) groups is 1. The largest absolute Gasteiger partial charge is 0.497 e. The molecule has 1 aromatic heterocycles. The van der Waals surface area contributed by atoms with Crippen molar-refractivity contribution in [3.05, 3.63) is 83.3 Å². The number of furan rings is 1. The van der Waals surface area contributed by atoms with Crippen LogP contribution in [0.4, 0.5) is 18.9 Å². The number of alkyl halides is 3. The second-order valence-corrected chi connectivity index (χ2v) is 9.06. The molecule has 5 rings (SSSR count). The SMILES string of the molecule is CCOC(=O)[C@@]1(C(F)(F)F)Nc2ccc(OC)cc2[C@H]2C[C@](c3ccccc3)(c3ccc(C)o3)O[C@H]21. The van der Waals surface area contributed by atoms with E-state index in [0.29, 0.717) is 28.4 Å². The maximum absolute atomic E-state index is 15.0. The van der Waals surface area contributed by atoms with E-state index >= 15 is 13.2 Å². The highest BCUT2D eigenvalue weighted by Gasteiger charge is 2.74. The summed E-state index contributed by atoms with van der Waals surface area (Å²) in [5.41, 5.74) is -3.15. The minimum atomic E-state index is -5.04. The molecule has 0 aliphatic carbocycles. The molecule has 0 spiro atoms. The lowest BCUT2D eigenvalue weighted by atomic mass is 9.73. The van der Waals surface area contributed by atoms with Crippen molar-refractivity contribution >= 4 is 11.7 Å². The number of anilines is 1. The molecule has 1 saturated heterocycles. The second-order valence-electron chi connectivity index (χ2n) is 9.06. The molecule has 6 nitrogen and oxygen atoms in total. The Morgan fingerprint density at radius 2 is 1.89 bits per heavy atom. The maximum Gasteiger partial charge on any atom is 0.425 e. The van der Waals surface area contributed by atoms with Crippen molar-refractivity contribution in [2.45, 2.75) is 49.6 Å². The molecule has 2 aromatic carbocycles. The van der Waals surface area contributed by atoms with E-state index in [4.69, 9.17) is 18.6 Å². The summed E-state index contributed by atoms with van der Waals surface area (Å²) >= 11 is 0. The summed E-state index contributed by atoms with van der Waals surface area (Å²) in [6.07, 6.45) is -6.58. The topological polar surface area (TPSA) is 69.9 Å². The second kappa shape index (κ2) is 8.58. The van der Waals surface area contributed by atoms with E-state index in [2.05, 4.69) is 5.32 Å². The Morgan fingerprint density at radius 1 is 1.14 bits per heavy atom. The van der Waals surface area contributed by atoms with Crippen LogP contribution in [-0.2, 0) is 19.9 Å². The molecule has 1 N–H and O–H groups in total. The van der Waals surface area contributed by atoms with Crippen molar-refractivity contribution in [3.8, 4) is 5.75 Å². The van der Waals surface area contributed by atoms with E-state index in [9.17, 15) is 4.79 Å². The van der Waals surface area contributed by atoms with Crippen LogP contribution in [0.5, 0.6) is 5.75 Å². The number of methoxy groups -OCH3 is 1. The van der Waals surface area contributed by atoms with E-state index in [1.54, 1.807) is 55.5 Å². The van der Waals surface area contributed by atoms with Crippen molar-refractivity contribution in [3.63, 3.8) is 0 Å². The summed E-state index contributed by atoms with van der Waals surface area (Å²) in [7, 11) is 1.49. The average molecular weight is 502 g/mol. The zero-order chi connectivity index (χ0) is 25.7. The molecule has 0 radical (unpaired) electrons. The van der Waals surface area contributed by atoms with E-state index < -0.39 is 35.3 Å². The van der Waals surface area contributed by atoms with E-state index in [-0.39, 0.29) is 18.7 Å². The molecule has 0 saturated carbocycles. The number of hydrogen-bond donors (Lipinski definition) is 1.